The Bertz CT molecular complexity index is 410. The summed E-state index contributed by atoms with van der Waals surface area (Å²) in [5, 5.41) is 9.64. The Morgan fingerprint density at radius 1 is 1.28 bits per heavy atom. The van der Waals surface area contributed by atoms with E-state index in [-0.39, 0.29) is 29.9 Å². The highest BCUT2D eigenvalue weighted by Gasteiger charge is 2.27. The lowest BCUT2D eigenvalue weighted by molar-refractivity contribution is -0.128. The van der Waals surface area contributed by atoms with E-state index in [1.165, 1.54) is 0 Å². The van der Waals surface area contributed by atoms with Gasteiger partial charge in [-0.1, -0.05) is 0 Å². The van der Waals surface area contributed by atoms with Gasteiger partial charge in [-0.2, -0.15) is 0 Å². The second-order valence-electron chi connectivity index (χ2n) is 6.92. The van der Waals surface area contributed by atoms with Crippen LogP contribution in [0.3, 0.4) is 0 Å². The highest BCUT2D eigenvalue weighted by molar-refractivity contribution is 14.0. The van der Waals surface area contributed by atoms with Crippen LogP contribution in [-0.4, -0.2) is 76.3 Å². The number of piperidine rings is 1. The predicted octanol–water partition coefficient (Wildman–Crippen LogP) is 1.04. The normalized spacial score (nSPS) is 16.9. The van der Waals surface area contributed by atoms with Crippen molar-refractivity contribution < 1.29 is 9.53 Å². The summed E-state index contributed by atoms with van der Waals surface area (Å²) >= 11 is 0. The van der Waals surface area contributed by atoms with Gasteiger partial charge in [0, 0.05) is 52.9 Å². The smallest absolute Gasteiger partial charge is 0.227 e. The largest absolute Gasteiger partial charge is 0.383 e. The fourth-order valence-corrected chi connectivity index (χ4v) is 2.69. The average molecular weight is 469 g/mol. The maximum Gasteiger partial charge on any atom is 0.227 e. The minimum atomic E-state index is -0.475. The molecule has 7 nitrogen and oxygen atoms in total. The number of methoxy groups -OCH3 is 1. The Morgan fingerprint density at radius 2 is 1.92 bits per heavy atom. The number of ether oxygens (including phenoxy) is 1. The number of carbonyl (C=O) groups is 1. The second-order valence-corrected chi connectivity index (χ2v) is 6.92. The predicted molar refractivity (Wildman–Crippen MR) is 114 cm³/mol. The van der Waals surface area contributed by atoms with Crippen molar-refractivity contribution in [3.63, 3.8) is 0 Å². The Balaban J connectivity index is 0.00000576. The zero-order valence-electron chi connectivity index (χ0n) is 16.4. The maximum absolute atomic E-state index is 12.1. The van der Waals surface area contributed by atoms with E-state index in [9.17, 15) is 4.79 Å². The SMILES string of the molecule is CCNC(=O)C(C)(C)CNC(=NC)NC1CCN(CCOC)CC1.I. The van der Waals surface area contributed by atoms with Crippen LogP contribution in [0.15, 0.2) is 4.99 Å². The van der Waals surface area contributed by atoms with Gasteiger partial charge in [0.15, 0.2) is 5.96 Å². The minimum absolute atomic E-state index is 0. The number of amides is 1. The molecule has 0 atom stereocenters. The molecule has 3 N–H and O–H groups in total. The molecule has 0 bridgehead atoms. The Morgan fingerprint density at radius 3 is 2.44 bits per heavy atom. The monoisotopic (exact) mass is 469 g/mol. The van der Waals surface area contributed by atoms with E-state index in [4.69, 9.17) is 4.74 Å². The van der Waals surface area contributed by atoms with Crippen molar-refractivity contribution in [2.24, 2.45) is 10.4 Å². The number of hydrogen-bond acceptors (Lipinski definition) is 4. The highest BCUT2D eigenvalue weighted by Crippen LogP contribution is 2.14. The molecule has 1 rings (SSSR count). The van der Waals surface area contributed by atoms with Crippen molar-refractivity contribution in [1.82, 2.24) is 20.9 Å². The Kier molecular flexibility index (Phi) is 12.4. The van der Waals surface area contributed by atoms with Crippen molar-refractivity contribution in [3.8, 4) is 0 Å². The standard InChI is InChI=1S/C17H35N5O2.HI/c1-6-19-15(23)17(2,3)13-20-16(18-4)21-14-7-9-22(10-8-14)11-12-24-5;/h14H,6-13H2,1-5H3,(H,19,23)(H2,18,20,21);1H. The van der Waals surface area contributed by atoms with E-state index < -0.39 is 5.41 Å². The van der Waals surface area contributed by atoms with Gasteiger partial charge in [0.25, 0.3) is 0 Å². The number of nitrogens with one attached hydrogen (secondary N) is 3. The molecule has 0 aliphatic carbocycles. The van der Waals surface area contributed by atoms with Crippen LogP contribution in [0.5, 0.6) is 0 Å². The van der Waals surface area contributed by atoms with Gasteiger partial charge in [0.2, 0.25) is 5.91 Å². The summed E-state index contributed by atoms with van der Waals surface area (Å²) in [7, 11) is 3.51. The summed E-state index contributed by atoms with van der Waals surface area (Å²) in [6.07, 6.45) is 2.17. The van der Waals surface area contributed by atoms with Crippen molar-refractivity contribution >= 4 is 35.8 Å². The van der Waals surface area contributed by atoms with E-state index in [1.54, 1.807) is 14.2 Å². The summed E-state index contributed by atoms with van der Waals surface area (Å²) in [6, 6.07) is 0.419. The van der Waals surface area contributed by atoms with E-state index in [1.807, 2.05) is 20.8 Å². The topological polar surface area (TPSA) is 78.0 Å². The minimum Gasteiger partial charge on any atom is -0.383 e. The molecule has 25 heavy (non-hydrogen) atoms. The molecule has 1 saturated heterocycles. The molecule has 1 aliphatic rings. The number of guanidine groups is 1. The van der Waals surface area contributed by atoms with Gasteiger partial charge < -0.3 is 25.6 Å². The molecule has 0 spiro atoms. The van der Waals surface area contributed by atoms with Crippen LogP contribution in [0.4, 0.5) is 0 Å². The van der Waals surface area contributed by atoms with Crippen molar-refractivity contribution in [1.29, 1.82) is 0 Å². The highest BCUT2D eigenvalue weighted by atomic mass is 127. The van der Waals surface area contributed by atoms with Gasteiger partial charge in [-0.25, -0.2) is 0 Å². The van der Waals surface area contributed by atoms with Gasteiger partial charge in [-0.15, -0.1) is 24.0 Å². The van der Waals surface area contributed by atoms with Crippen molar-refractivity contribution in [2.45, 2.75) is 39.7 Å². The maximum atomic E-state index is 12.1. The first-order valence-electron chi connectivity index (χ1n) is 8.89. The molecular weight excluding hydrogens is 433 g/mol. The molecule has 1 aliphatic heterocycles. The molecule has 1 amide bonds. The summed E-state index contributed by atoms with van der Waals surface area (Å²) in [5.41, 5.74) is -0.475. The molecule has 0 aromatic heterocycles. The molecule has 148 valence electrons. The molecule has 8 heteroatoms. The van der Waals surface area contributed by atoms with E-state index >= 15 is 0 Å². The summed E-state index contributed by atoms with van der Waals surface area (Å²) in [4.78, 5) is 18.8. The van der Waals surface area contributed by atoms with Crippen LogP contribution in [0.25, 0.3) is 0 Å². The molecule has 0 saturated carbocycles. The number of likely N-dealkylation sites (tertiary alicyclic amines) is 1. The zero-order chi connectivity index (χ0) is 18.0. The van der Waals surface area contributed by atoms with E-state index in [0.717, 1.165) is 45.0 Å². The summed E-state index contributed by atoms with van der Waals surface area (Å²) < 4.78 is 5.13. The van der Waals surface area contributed by atoms with Crippen LogP contribution in [0.2, 0.25) is 0 Å². The lowest BCUT2D eigenvalue weighted by Gasteiger charge is -2.33. The van der Waals surface area contributed by atoms with Gasteiger partial charge in [-0.05, 0) is 33.6 Å². The molecule has 0 aromatic rings. The van der Waals surface area contributed by atoms with Crippen molar-refractivity contribution in [3.05, 3.63) is 0 Å². The lowest BCUT2D eigenvalue weighted by Crippen LogP contribution is -2.52. The third-order valence-corrected chi connectivity index (χ3v) is 4.41. The van der Waals surface area contributed by atoms with Gasteiger partial charge in [-0.3, -0.25) is 9.79 Å². The van der Waals surface area contributed by atoms with Crippen LogP contribution >= 0.6 is 24.0 Å². The van der Waals surface area contributed by atoms with Crippen LogP contribution in [-0.2, 0) is 9.53 Å². The molecule has 1 fully saturated rings. The number of rotatable bonds is 8. The fourth-order valence-electron chi connectivity index (χ4n) is 2.69. The Labute approximate surface area is 169 Å². The van der Waals surface area contributed by atoms with Gasteiger partial charge in [0.1, 0.15) is 0 Å². The number of aliphatic imine (C=N–C) groups is 1. The van der Waals surface area contributed by atoms with Crippen LogP contribution < -0.4 is 16.0 Å². The number of nitrogens with zero attached hydrogens (tertiary/aromatic N) is 2. The quantitative estimate of drug-likeness (QED) is 0.282. The molecule has 0 radical (unpaired) electrons. The first-order valence-corrected chi connectivity index (χ1v) is 8.89. The molecular formula is C17H36IN5O2. The zero-order valence-corrected chi connectivity index (χ0v) is 18.7. The average Bonchev–Trinajstić information content (AvgIpc) is 2.58. The van der Waals surface area contributed by atoms with Crippen molar-refractivity contribution in [2.75, 3.05) is 53.5 Å². The first-order chi connectivity index (χ1) is 11.4. The van der Waals surface area contributed by atoms with Crippen LogP contribution in [0.1, 0.15) is 33.6 Å². The number of carbonyl (C=O) groups excluding carboxylic acids is 1. The molecule has 0 unspecified atom stereocenters. The van der Waals surface area contributed by atoms with Gasteiger partial charge in [0.05, 0.1) is 12.0 Å². The first kappa shape index (κ1) is 24.4. The molecule has 1 heterocycles. The van der Waals surface area contributed by atoms with Gasteiger partial charge >= 0.3 is 0 Å². The summed E-state index contributed by atoms with van der Waals surface area (Å²) in [5.74, 6) is 0.821. The third kappa shape index (κ3) is 9.05. The molecule has 0 aromatic carbocycles. The van der Waals surface area contributed by atoms with E-state index in [0.29, 0.717) is 19.1 Å². The summed E-state index contributed by atoms with van der Waals surface area (Å²) in [6.45, 7) is 10.9. The third-order valence-electron chi connectivity index (χ3n) is 4.41. The van der Waals surface area contributed by atoms with Crippen LogP contribution in [0, 0.1) is 5.41 Å². The number of hydrogen-bond donors (Lipinski definition) is 3. The van der Waals surface area contributed by atoms with E-state index in [2.05, 4.69) is 25.8 Å². The Hall–Kier alpha value is -0.610. The number of halogens is 1. The lowest BCUT2D eigenvalue weighted by atomic mass is 9.92. The fraction of sp³-hybridized carbons (Fsp3) is 0.882. The second kappa shape index (κ2) is 12.7.